The molecule has 1 fully saturated rings. The maximum absolute atomic E-state index is 13.6. The molecule has 1 atom stereocenters. The summed E-state index contributed by atoms with van der Waals surface area (Å²) >= 11 is 5.20. The number of carbonyl (C=O) groups is 1. The summed E-state index contributed by atoms with van der Waals surface area (Å²) in [5, 5.41) is 2.88. The van der Waals surface area contributed by atoms with E-state index in [4.69, 9.17) is 12.2 Å². The van der Waals surface area contributed by atoms with Crippen molar-refractivity contribution < 1.29 is 9.18 Å². The minimum absolute atomic E-state index is 0.0672. The Morgan fingerprint density at radius 2 is 2.33 bits per heavy atom. The number of nitrogens with one attached hydrogen (secondary N) is 2. The van der Waals surface area contributed by atoms with Gasteiger partial charge in [0.2, 0.25) is 5.91 Å². The average Bonchev–Trinajstić information content (AvgIpc) is 2.87. The molecule has 1 aromatic carbocycles. The third kappa shape index (κ3) is 1.82. The smallest absolute Gasteiger partial charge is 0.220 e. The fraction of sp³-hybridized carbons (Fsp3) is 0.333. The van der Waals surface area contributed by atoms with Crippen molar-refractivity contribution in [2.45, 2.75) is 25.4 Å². The fourth-order valence-electron chi connectivity index (χ4n) is 2.36. The van der Waals surface area contributed by atoms with Crippen LogP contribution in [0.25, 0.3) is 11.0 Å². The Hall–Kier alpha value is -1.69. The lowest BCUT2D eigenvalue weighted by molar-refractivity contribution is -0.119. The molecular weight excluding hydrogens is 253 g/mol. The van der Waals surface area contributed by atoms with Crippen LogP contribution in [-0.4, -0.2) is 21.5 Å². The zero-order valence-electron chi connectivity index (χ0n) is 9.57. The first-order valence-electron chi connectivity index (χ1n) is 5.81. The van der Waals surface area contributed by atoms with Gasteiger partial charge in [-0.05, 0) is 30.8 Å². The highest BCUT2D eigenvalue weighted by molar-refractivity contribution is 7.71. The van der Waals surface area contributed by atoms with Crippen LogP contribution in [0.3, 0.4) is 0 Å². The summed E-state index contributed by atoms with van der Waals surface area (Å²) in [6.45, 7) is 0.577. The van der Waals surface area contributed by atoms with Crippen molar-refractivity contribution >= 4 is 29.2 Å². The molecule has 1 unspecified atom stereocenters. The second kappa shape index (κ2) is 4.20. The van der Waals surface area contributed by atoms with Crippen LogP contribution in [-0.2, 0) is 11.3 Å². The van der Waals surface area contributed by atoms with Crippen molar-refractivity contribution in [3.63, 3.8) is 0 Å². The second-order valence-corrected chi connectivity index (χ2v) is 4.86. The van der Waals surface area contributed by atoms with Crippen molar-refractivity contribution in [3.05, 3.63) is 28.8 Å². The molecule has 0 aliphatic carbocycles. The molecule has 0 radical (unpaired) electrons. The molecule has 2 heterocycles. The summed E-state index contributed by atoms with van der Waals surface area (Å²) in [4.78, 5) is 14.0. The van der Waals surface area contributed by atoms with E-state index < -0.39 is 0 Å². The van der Waals surface area contributed by atoms with Crippen molar-refractivity contribution in [2.24, 2.45) is 0 Å². The van der Waals surface area contributed by atoms with Gasteiger partial charge in [-0.25, -0.2) is 4.39 Å². The Kier molecular flexibility index (Phi) is 2.66. The predicted molar refractivity (Wildman–Crippen MR) is 68.2 cm³/mol. The van der Waals surface area contributed by atoms with E-state index in [-0.39, 0.29) is 17.8 Å². The van der Waals surface area contributed by atoms with Gasteiger partial charge in [0.15, 0.2) is 4.77 Å². The molecule has 1 aliphatic rings. The van der Waals surface area contributed by atoms with Crippen molar-refractivity contribution in [1.29, 1.82) is 0 Å². The number of fused-ring (bicyclic) bond motifs is 1. The molecule has 94 valence electrons. The SMILES string of the molecule is O=C1CCC(Cn2c(=S)[nH]c3c(F)cccc32)N1. The van der Waals surface area contributed by atoms with Gasteiger partial charge < -0.3 is 14.9 Å². The van der Waals surface area contributed by atoms with Gasteiger partial charge in [0.25, 0.3) is 0 Å². The maximum Gasteiger partial charge on any atom is 0.220 e. The van der Waals surface area contributed by atoms with Gasteiger partial charge in [0.1, 0.15) is 11.3 Å². The Morgan fingerprint density at radius 3 is 3.06 bits per heavy atom. The molecule has 0 saturated carbocycles. The molecule has 1 amide bonds. The molecular formula is C12H12FN3OS. The number of aromatic amines is 1. The van der Waals surface area contributed by atoms with E-state index in [0.29, 0.717) is 23.3 Å². The minimum Gasteiger partial charge on any atom is -0.352 e. The Balaban J connectivity index is 2.01. The van der Waals surface area contributed by atoms with E-state index in [2.05, 4.69) is 10.3 Å². The van der Waals surface area contributed by atoms with E-state index in [1.54, 1.807) is 6.07 Å². The number of hydrogen-bond donors (Lipinski definition) is 2. The average molecular weight is 265 g/mol. The fourth-order valence-corrected chi connectivity index (χ4v) is 2.64. The lowest BCUT2D eigenvalue weighted by Gasteiger charge is -2.11. The Bertz CT molecular complexity index is 676. The van der Waals surface area contributed by atoms with Gasteiger partial charge >= 0.3 is 0 Å². The Morgan fingerprint density at radius 1 is 1.50 bits per heavy atom. The normalized spacial score (nSPS) is 19.4. The van der Waals surface area contributed by atoms with Crippen LogP contribution in [0.5, 0.6) is 0 Å². The first-order chi connectivity index (χ1) is 8.65. The molecule has 0 bridgehead atoms. The van der Waals surface area contributed by atoms with Gasteiger partial charge in [0.05, 0.1) is 5.52 Å². The number of benzene rings is 1. The number of halogens is 1. The molecule has 2 N–H and O–H groups in total. The number of rotatable bonds is 2. The first kappa shape index (κ1) is 11.4. The van der Waals surface area contributed by atoms with E-state index in [0.717, 1.165) is 11.9 Å². The quantitative estimate of drug-likeness (QED) is 0.817. The number of imidazole rings is 1. The summed E-state index contributed by atoms with van der Waals surface area (Å²) in [6.07, 6.45) is 1.34. The van der Waals surface area contributed by atoms with E-state index in [1.165, 1.54) is 6.07 Å². The van der Waals surface area contributed by atoms with Gasteiger partial charge in [-0.1, -0.05) is 6.07 Å². The summed E-state index contributed by atoms with van der Waals surface area (Å²) in [7, 11) is 0. The molecule has 18 heavy (non-hydrogen) atoms. The summed E-state index contributed by atoms with van der Waals surface area (Å²) in [5.41, 5.74) is 1.16. The standard InChI is InChI=1S/C12H12FN3OS/c13-8-2-1-3-9-11(8)15-12(18)16(9)6-7-4-5-10(17)14-7/h1-3,7H,4-6H2,(H,14,17)(H,15,18). The minimum atomic E-state index is -0.312. The highest BCUT2D eigenvalue weighted by Gasteiger charge is 2.22. The van der Waals surface area contributed by atoms with Crippen LogP contribution in [0.15, 0.2) is 18.2 Å². The molecule has 1 aliphatic heterocycles. The molecule has 1 saturated heterocycles. The summed E-state index contributed by atoms with van der Waals surface area (Å²) in [5.74, 6) is -0.245. The monoisotopic (exact) mass is 265 g/mol. The van der Waals surface area contributed by atoms with Crippen molar-refractivity contribution in [1.82, 2.24) is 14.9 Å². The van der Waals surface area contributed by atoms with Crippen LogP contribution in [0.2, 0.25) is 0 Å². The molecule has 6 heteroatoms. The van der Waals surface area contributed by atoms with Crippen LogP contribution in [0.1, 0.15) is 12.8 Å². The zero-order chi connectivity index (χ0) is 12.7. The Labute approximate surface area is 108 Å². The molecule has 1 aromatic heterocycles. The lowest BCUT2D eigenvalue weighted by Crippen LogP contribution is -2.29. The van der Waals surface area contributed by atoms with Crippen LogP contribution < -0.4 is 5.32 Å². The summed E-state index contributed by atoms with van der Waals surface area (Å²) in [6, 6.07) is 4.95. The highest BCUT2D eigenvalue weighted by atomic mass is 32.1. The van der Waals surface area contributed by atoms with Crippen LogP contribution in [0, 0.1) is 10.6 Å². The van der Waals surface area contributed by atoms with E-state index in [9.17, 15) is 9.18 Å². The first-order valence-corrected chi connectivity index (χ1v) is 6.22. The number of para-hydroxylation sites is 1. The molecule has 0 spiro atoms. The number of amides is 1. The molecule has 3 rings (SSSR count). The van der Waals surface area contributed by atoms with Gasteiger partial charge in [-0.15, -0.1) is 0 Å². The topological polar surface area (TPSA) is 49.8 Å². The largest absolute Gasteiger partial charge is 0.352 e. The number of nitrogens with zero attached hydrogens (tertiary/aromatic N) is 1. The van der Waals surface area contributed by atoms with Crippen molar-refractivity contribution in [2.75, 3.05) is 0 Å². The van der Waals surface area contributed by atoms with E-state index >= 15 is 0 Å². The van der Waals surface area contributed by atoms with Gasteiger partial charge in [-0.3, -0.25) is 4.79 Å². The highest BCUT2D eigenvalue weighted by Crippen LogP contribution is 2.19. The zero-order valence-corrected chi connectivity index (χ0v) is 10.4. The second-order valence-electron chi connectivity index (χ2n) is 4.48. The van der Waals surface area contributed by atoms with Crippen molar-refractivity contribution in [3.8, 4) is 0 Å². The molecule has 4 nitrogen and oxygen atoms in total. The van der Waals surface area contributed by atoms with E-state index in [1.807, 2.05) is 10.6 Å². The van der Waals surface area contributed by atoms with Gasteiger partial charge in [-0.2, -0.15) is 0 Å². The maximum atomic E-state index is 13.6. The lowest BCUT2D eigenvalue weighted by atomic mass is 10.2. The van der Waals surface area contributed by atoms with Gasteiger partial charge in [0, 0.05) is 19.0 Å². The number of carbonyl (C=O) groups excluding carboxylic acids is 1. The third-order valence-electron chi connectivity index (χ3n) is 3.25. The number of hydrogen-bond acceptors (Lipinski definition) is 2. The predicted octanol–water partition coefficient (Wildman–Crippen LogP) is 2.12. The van der Waals surface area contributed by atoms with Crippen LogP contribution in [0.4, 0.5) is 4.39 Å². The third-order valence-corrected chi connectivity index (χ3v) is 3.57. The number of aromatic nitrogens is 2. The number of H-pyrrole nitrogens is 1. The van der Waals surface area contributed by atoms with Crippen LogP contribution >= 0.6 is 12.2 Å². The molecule has 2 aromatic rings. The summed E-state index contributed by atoms with van der Waals surface area (Å²) < 4.78 is 15.9.